The van der Waals surface area contributed by atoms with Crippen molar-refractivity contribution in [3.63, 3.8) is 0 Å². The summed E-state index contributed by atoms with van der Waals surface area (Å²) < 4.78 is 10.3. The van der Waals surface area contributed by atoms with Gasteiger partial charge in [0, 0.05) is 12.5 Å². The first-order valence-electron chi connectivity index (χ1n) is 6.64. The summed E-state index contributed by atoms with van der Waals surface area (Å²) in [6.45, 7) is 3.36. The Morgan fingerprint density at radius 1 is 1.29 bits per heavy atom. The van der Waals surface area contributed by atoms with Gasteiger partial charge in [-0.25, -0.2) is 4.79 Å². The molecule has 0 saturated carbocycles. The minimum atomic E-state index is -0.626. The van der Waals surface area contributed by atoms with E-state index in [4.69, 9.17) is 9.15 Å². The van der Waals surface area contributed by atoms with Gasteiger partial charge in [-0.3, -0.25) is 4.79 Å². The highest BCUT2D eigenvalue weighted by molar-refractivity contribution is 6.01. The number of carbonyl (C=O) groups is 1. The van der Waals surface area contributed by atoms with E-state index in [-0.39, 0.29) is 17.8 Å². The number of hydrogen-bond donors (Lipinski definition) is 1. The monoisotopic (exact) mass is 287 g/mol. The SMILES string of the molecule is CCC(=O)c1c(Nc2ccccc2OC)cc(C)oc1=O. The van der Waals surface area contributed by atoms with Gasteiger partial charge in [0.2, 0.25) is 0 Å². The van der Waals surface area contributed by atoms with Crippen LogP contribution < -0.4 is 15.7 Å². The predicted molar refractivity (Wildman–Crippen MR) is 80.6 cm³/mol. The lowest BCUT2D eigenvalue weighted by atomic mass is 10.1. The van der Waals surface area contributed by atoms with Crippen molar-refractivity contribution in [1.29, 1.82) is 0 Å². The first-order chi connectivity index (χ1) is 10.1. The lowest BCUT2D eigenvalue weighted by Crippen LogP contribution is -2.16. The van der Waals surface area contributed by atoms with E-state index < -0.39 is 5.63 Å². The second kappa shape index (κ2) is 6.26. The molecule has 110 valence electrons. The number of rotatable bonds is 5. The standard InChI is InChI=1S/C16H17NO4/c1-4-13(18)15-12(9-10(2)21-16(15)19)17-11-7-5-6-8-14(11)20-3/h5-9,17H,4H2,1-3H3. The van der Waals surface area contributed by atoms with Crippen molar-refractivity contribution in [3.05, 3.63) is 52.1 Å². The van der Waals surface area contributed by atoms with Crippen LogP contribution in [-0.2, 0) is 0 Å². The Morgan fingerprint density at radius 2 is 2.00 bits per heavy atom. The van der Waals surface area contributed by atoms with Gasteiger partial charge in [-0.1, -0.05) is 19.1 Å². The summed E-state index contributed by atoms with van der Waals surface area (Å²) >= 11 is 0. The molecule has 0 spiro atoms. The Hall–Kier alpha value is -2.56. The van der Waals surface area contributed by atoms with Crippen molar-refractivity contribution >= 4 is 17.2 Å². The number of aryl methyl sites for hydroxylation is 1. The van der Waals surface area contributed by atoms with Crippen molar-refractivity contribution < 1.29 is 13.9 Å². The zero-order chi connectivity index (χ0) is 15.4. The van der Waals surface area contributed by atoms with E-state index in [1.807, 2.05) is 18.2 Å². The molecule has 0 unspecified atom stereocenters. The number of ether oxygens (including phenoxy) is 1. The fourth-order valence-corrected chi connectivity index (χ4v) is 2.04. The molecule has 0 bridgehead atoms. The molecular formula is C16H17NO4. The summed E-state index contributed by atoms with van der Waals surface area (Å²) in [7, 11) is 1.56. The number of methoxy groups -OCH3 is 1. The fraction of sp³-hybridized carbons (Fsp3) is 0.250. The summed E-state index contributed by atoms with van der Waals surface area (Å²) in [5.41, 5.74) is 0.517. The molecule has 0 amide bonds. The van der Waals surface area contributed by atoms with Crippen molar-refractivity contribution in [2.24, 2.45) is 0 Å². The molecule has 0 aliphatic rings. The van der Waals surface area contributed by atoms with Gasteiger partial charge in [0.25, 0.3) is 0 Å². The smallest absolute Gasteiger partial charge is 0.348 e. The van der Waals surface area contributed by atoms with E-state index in [2.05, 4.69) is 5.32 Å². The van der Waals surface area contributed by atoms with E-state index in [1.54, 1.807) is 33.1 Å². The third kappa shape index (κ3) is 3.13. The molecule has 2 rings (SSSR count). The van der Waals surface area contributed by atoms with Crippen LogP contribution >= 0.6 is 0 Å². The Morgan fingerprint density at radius 3 is 2.67 bits per heavy atom. The quantitative estimate of drug-likeness (QED) is 0.854. The predicted octanol–water partition coefficient (Wildman–Crippen LogP) is 3.29. The molecule has 0 atom stereocenters. The number of carbonyl (C=O) groups excluding carboxylic acids is 1. The number of Topliss-reactive ketones (excluding diaryl/α,β-unsaturated/α-hetero) is 1. The van der Waals surface area contributed by atoms with Crippen LogP contribution in [0.15, 0.2) is 39.5 Å². The number of anilines is 2. The molecule has 0 saturated heterocycles. The maximum Gasteiger partial charge on any atom is 0.348 e. The van der Waals surface area contributed by atoms with Gasteiger partial charge in [-0.15, -0.1) is 0 Å². The molecule has 5 nitrogen and oxygen atoms in total. The molecule has 0 radical (unpaired) electrons. The minimum Gasteiger partial charge on any atom is -0.495 e. The van der Waals surface area contributed by atoms with Gasteiger partial charge in [0.15, 0.2) is 5.78 Å². The van der Waals surface area contributed by atoms with Crippen LogP contribution in [0.2, 0.25) is 0 Å². The zero-order valence-corrected chi connectivity index (χ0v) is 12.2. The lowest BCUT2D eigenvalue weighted by Gasteiger charge is -2.13. The van der Waals surface area contributed by atoms with E-state index in [1.165, 1.54) is 0 Å². The third-order valence-electron chi connectivity index (χ3n) is 3.05. The van der Waals surface area contributed by atoms with Crippen LogP contribution in [0.4, 0.5) is 11.4 Å². The average Bonchev–Trinajstić information content (AvgIpc) is 2.46. The Kier molecular flexibility index (Phi) is 4.42. The summed E-state index contributed by atoms with van der Waals surface area (Å²) in [4.78, 5) is 23.9. The number of nitrogens with one attached hydrogen (secondary N) is 1. The minimum absolute atomic E-state index is 0.0361. The van der Waals surface area contributed by atoms with Crippen molar-refractivity contribution in [2.45, 2.75) is 20.3 Å². The average molecular weight is 287 g/mol. The maximum atomic E-state index is 12.0. The largest absolute Gasteiger partial charge is 0.495 e. The molecule has 0 aliphatic carbocycles. The summed E-state index contributed by atoms with van der Waals surface area (Å²) in [6.07, 6.45) is 0.231. The van der Waals surface area contributed by atoms with E-state index in [9.17, 15) is 9.59 Å². The first-order valence-corrected chi connectivity index (χ1v) is 6.64. The molecule has 0 aliphatic heterocycles. The highest BCUT2D eigenvalue weighted by Crippen LogP contribution is 2.28. The molecule has 1 heterocycles. The van der Waals surface area contributed by atoms with Crippen LogP contribution in [0.1, 0.15) is 29.5 Å². The molecule has 1 N–H and O–H groups in total. The Bertz CT molecular complexity index is 718. The maximum absolute atomic E-state index is 12.0. The molecular weight excluding hydrogens is 270 g/mol. The Labute approximate surface area is 122 Å². The summed E-state index contributed by atoms with van der Waals surface area (Å²) in [6, 6.07) is 8.92. The van der Waals surface area contributed by atoms with E-state index >= 15 is 0 Å². The summed E-state index contributed by atoms with van der Waals surface area (Å²) in [5.74, 6) is 0.796. The van der Waals surface area contributed by atoms with Crippen LogP contribution in [0.3, 0.4) is 0 Å². The molecule has 2 aromatic rings. The molecule has 0 fully saturated rings. The van der Waals surface area contributed by atoms with Gasteiger partial charge in [0.05, 0.1) is 18.5 Å². The molecule has 1 aromatic carbocycles. The molecule has 1 aromatic heterocycles. The highest BCUT2D eigenvalue weighted by Gasteiger charge is 2.18. The van der Waals surface area contributed by atoms with Crippen LogP contribution in [0.25, 0.3) is 0 Å². The van der Waals surface area contributed by atoms with Crippen LogP contribution in [-0.4, -0.2) is 12.9 Å². The Balaban J connectivity index is 2.53. The second-order valence-electron chi connectivity index (χ2n) is 4.54. The van der Waals surface area contributed by atoms with Gasteiger partial charge in [-0.2, -0.15) is 0 Å². The molecule has 5 heteroatoms. The number of para-hydroxylation sites is 2. The van der Waals surface area contributed by atoms with Crippen LogP contribution in [0.5, 0.6) is 5.75 Å². The van der Waals surface area contributed by atoms with Crippen molar-refractivity contribution in [3.8, 4) is 5.75 Å². The van der Waals surface area contributed by atoms with Crippen LogP contribution in [0, 0.1) is 6.92 Å². The van der Waals surface area contributed by atoms with Gasteiger partial charge < -0.3 is 14.5 Å². The molecule has 21 heavy (non-hydrogen) atoms. The normalized spacial score (nSPS) is 10.2. The zero-order valence-electron chi connectivity index (χ0n) is 12.2. The number of hydrogen-bond acceptors (Lipinski definition) is 5. The van der Waals surface area contributed by atoms with Crippen molar-refractivity contribution in [1.82, 2.24) is 0 Å². The highest BCUT2D eigenvalue weighted by atomic mass is 16.5. The third-order valence-corrected chi connectivity index (χ3v) is 3.05. The second-order valence-corrected chi connectivity index (χ2v) is 4.54. The topological polar surface area (TPSA) is 68.5 Å². The number of benzene rings is 1. The fourth-order valence-electron chi connectivity index (χ4n) is 2.04. The van der Waals surface area contributed by atoms with E-state index in [0.717, 1.165) is 0 Å². The lowest BCUT2D eigenvalue weighted by molar-refractivity contribution is 0.0985. The first kappa shape index (κ1) is 14.8. The van der Waals surface area contributed by atoms with Gasteiger partial charge >= 0.3 is 5.63 Å². The number of ketones is 1. The summed E-state index contributed by atoms with van der Waals surface area (Å²) in [5, 5.41) is 3.08. The van der Waals surface area contributed by atoms with E-state index in [0.29, 0.717) is 22.9 Å². The van der Waals surface area contributed by atoms with Crippen molar-refractivity contribution in [2.75, 3.05) is 12.4 Å². The van der Waals surface area contributed by atoms with Gasteiger partial charge in [-0.05, 0) is 19.1 Å². The van der Waals surface area contributed by atoms with Gasteiger partial charge in [0.1, 0.15) is 17.1 Å².